The third-order valence-electron chi connectivity index (χ3n) is 5.07. The van der Waals surface area contributed by atoms with E-state index in [1.54, 1.807) is 0 Å². The average Bonchev–Trinajstić information content (AvgIpc) is 2.68. The number of hydrogen-bond donors (Lipinski definition) is 2. The Bertz CT molecular complexity index is 667. The Kier molecular flexibility index (Phi) is 5.71. The van der Waals surface area contributed by atoms with Crippen molar-refractivity contribution in [1.29, 1.82) is 0 Å². The third-order valence-corrected chi connectivity index (χ3v) is 5.07. The molecule has 4 nitrogen and oxygen atoms in total. The van der Waals surface area contributed by atoms with E-state index in [0.29, 0.717) is 6.54 Å². The summed E-state index contributed by atoms with van der Waals surface area (Å²) in [7, 11) is 0. The monoisotopic (exact) mass is 338 g/mol. The third kappa shape index (κ3) is 4.40. The van der Waals surface area contributed by atoms with Crippen LogP contribution in [-0.2, 0) is 10.2 Å². The first kappa shape index (κ1) is 17.5. The molecule has 1 atom stereocenters. The van der Waals surface area contributed by atoms with Crippen molar-refractivity contribution < 1.29 is 9.53 Å². The van der Waals surface area contributed by atoms with Gasteiger partial charge in [0, 0.05) is 25.2 Å². The maximum atomic E-state index is 12.4. The van der Waals surface area contributed by atoms with Crippen LogP contribution in [0.25, 0.3) is 0 Å². The van der Waals surface area contributed by atoms with Crippen molar-refractivity contribution >= 4 is 6.03 Å². The van der Waals surface area contributed by atoms with E-state index in [1.807, 2.05) is 43.3 Å². The van der Waals surface area contributed by atoms with Crippen LogP contribution >= 0.6 is 0 Å². The average molecular weight is 338 g/mol. The molecule has 4 heteroatoms. The molecule has 0 radical (unpaired) electrons. The van der Waals surface area contributed by atoms with Crippen LogP contribution in [0.5, 0.6) is 0 Å². The number of carbonyl (C=O) groups excluding carboxylic acids is 1. The number of hydrogen-bond acceptors (Lipinski definition) is 2. The Morgan fingerprint density at radius 3 is 2.28 bits per heavy atom. The second-order valence-corrected chi connectivity index (χ2v) is 6.72. The van der Waals surface area contributed by atoms with E-state index in [0.717, 1.165) is 31.6 Å². The number of ether oxygens (including phenoxy) is 1. The second-order valence-electron chi connectivity index (χ2n) is 6.72. The molecule has 1 aliphatic heterocycles. The quantitative estimate of drug-likeness (QED) is 0.871. The molecule has 1 heterocycles. The molecule has 0 bridgehead atoms. The number of amides is 2. The summed E-state index contributed by atoms with van der Waals surface area (Å²) >= 11 is 0. The Hall–Kier alpha value is -2.33. The van der Waals surface area contributed by atoms with Crippen molar-refractivity contribution in [2.45, 2.75) is 31.2 Å². The minimum absolute atomic E-state index is 0.0245. The predicted octanol–water partition coefficient (Wildman–Crippen LogP) is 3.80. The predicted molar refractivity (Wildman–Crippen MR) is 99.6 cm³/mol. The highest BCUT2D eigenvalue weighted by Gasteiger charge is 2.34. The molecular formula is C21H26N2O2. The number of benzene rings is 2. The van der Waals surface area contributed by atoms with Crippen molar-refractivity contribution in [3.05, 3.63) is 71.8 Å². The molecule has 0 aromatic heterocycles. The molecule has 2 amide bonds. The van der Waals surface area contributed by atoms with Gasteiger partial charge < -0.3 is 15.4 Å². The van der Waals surface area contributed by atoms with Crippen molar-refractivity contribution in [2.75, 3.05) is 19.8 Å². The van der Waals surface area contributed by atoms with Gasteiger partial charge in [-0.2, -0.15) is 0 Å². The molecular weight excluding hydrogens is 312 g/mol. The van der Waals surface area contributed by atoms with E-state index in [4.69, 9.17) is 4.74 Å². The molecule has 1 saturated heterocycles. The Labute approximate surface area is 149 Å². The van der Waals surface area contributed by atoms with Crippen molar-refractivity contribution in [1.82, 2.24) is 10.6 Å². The fourth-order valence-electron chi connectivity index (χ4n) is 3.44. The molecule has 0 saturated carbocycles. The number of rotatable bonds is 5. The van der Waals surface area contributed by atoms with Crippen molar-refractivity contribution in [3.63, 3.8) is 0 Å². The summed E-state index contributed by atoms with van der Waals surface area (Å²) in [5, 5.41) is 6.11. The minimum atomic E-state index is -0.127. The van der Waals surface area contributed by atoms with Gasteiger partial charge in [-0.15, -0.1) is 0 Å². The summed E-state index contributed by atoms with van der Waals surface area (Å²) in [5.74, 6) is 0. The smallest absolute Gasteiger partial charge is 0.315 e. The molecule has 2 aromatic carbocycles. The largest absolute Gasteiger partial charge is 0.381 e. The zero-order valence-corrected chi connectivity index (χ0v) is 14.7. The molecule has 0 aliphatic carbocycles. The van der Waals surface area contributed by atoms with Gasteiger partial charge >= 0.3 is 6.03 Å². The summed E-state index contributed by atoms with van der Waals surface area (Å²) < 4.78 is 5.55. The highest BCUT2D eigenvalue weighted by Crippen LogP contribution is 2.34. The highest BCUT2D eigenvalue weighted by molar-refractivity contribution is 5.74. The standard InChI is InChI=1S/C21H26N2O2/c1-17(18-8-4-2-5-9-18)23-20(24)22-16-21(12-14-25-15-13-21)19-10-6-3-7-11-19/h2-11,17H,12-16H2,1H3,(H2,22,23,24). The molecule has 1 fully saturated rings. The van der Waals surface area contributed by atoms with Crippen LogP contribution in [0.15, 0.2) is 60.7 Å². The van der Waals surface area contributed by atoms with Crippen LogP contribution in [0.3, 0.4) is 0 Å². The fraction of sp³-hybridized carbons (Fsp3) is 0.381. The topological polar surface area (TPSA) is 50.4 Å². The van der Waals surface area contributed by atoms with Crippen LogP contribution in [-0.4, -0.2) is 25.8 Å². The lowest BCUT2D eigenvalue weighted by Gasteiger charge is -2.38. The van der Waals surface area contributed by atoms with E-state index in [1.165, 1.54) is 5.56 Å². The van der Waals surface area contributed by atoms with Gasteiger partial charge in [-0.05, 0) is 30.9 Å². The highest BCUT2D eigenvalue weighted by atomic mass is 16.5. The second kappa shape index (κ2) is 8.17. The number of carbonyl (C=O) groups is 1. The minimum Gasteiger partial charge on any atom is -0.381 e. The van der Waals surface area contributed by atoms with Gasteiger partial charge in [0.1, 0.15) is 0 Å². The maximum Gasteiger partial charge on any atom is 0.315 e. The van der Waals surface area contributed by atoms with E-state index < -0.39 is 0 Å². The van der Waals surface area contributed by atoms with E-state index in [2.05, 4.69) is 34.9 Å². The molecule has 3 rings (SSSR count). The lowest BCUT2D eigenvalue weighted by molar-refractivity contribution is 0.0506. The lowest BCUT2D eigenvalue weighted by atomic mass is 9.74. The van der Waals surface area contributed by atoms with Crippen LogP contribution < -0.4 is 10.6 Å². The zero-order valence-electron chi connectivity index (χ0n) is 14.7. The summed E-state index contributed by atoms with van der Waals surface area (Å²) in [4.78, 5) is 12.4. The molecule has 1 unspecified atom stereocenters. The van der Waals surface area contributed by atoms with Crippen LogP contribution in [0.1, 0.15) is 36.9 Å². The summed E-state index contributed by atoms with van der Waals surface area (Å²) in [6.45, 7) is 4.08. The first-order chi connectivity index (χ1) is 12.2. The number of urea groups is 1. The van der Waals surface area contributed by atoms with E-state index >= 15 is 0 Å². The SMILES string of the molecule is CC(NC(=O)NCC1(c2ccccc2)CCOCC1)c1ccccc1. The Morgan fingerprint density at radius 1 is 1.04 bits per heavy atom. The lowest BCUT2D eigenvalue weighted by Crippen LogP contribution is -2.47. The van der Waals surface area contributed by atoms with E-state index in [-0.39, 0.29) is 17.5 Å². The molecule has 132 valence electrons. The van der Waals surface area contributed by atoms with Gasteiger partial charge in [0.05, 0.1) is 6.04 Å². The van der Waals surface area contributed by atoms with Gasteiger partial charge in [0.25, 0.3) is 0 Å². The van der Waals surface area contributed by atoms with Gasteiger partial charge in [0.2, 0.25) is 0 Å². The molecule has 0 spiro atoms. The molecule has 25 heavy (non-hydrogen) atoms. The van der Waals surface area contributed by atoms with E-state index in [9.17, 15) is 4.79 Å². The molecule has 1 aliphatic rings. The van der Waals surface area contributed by atoms with Crippen LogP contribution in [0.4, 0.5) is 4.79 Å². The van der Waals surface area contributed by atoms with Crippen LogP contribution in [0.2, 0.25) is 0 Å². The zero-order chi connectivity index (χ0) is 17.5. The fourth-order valence-corrected chi connectivity index (χ4v) is 3.44. The number of nitrogens with one attached hydrogen (secondary N) is 2. The summed E-state index contributed by atoms with van der Waals surface area (Å²) in [6.07, 6.45) is 1.84. The van der Waals surface area contributed by atoms with Crippen molar-refractivity contribution in [3.8, 4) is 0 Å². The summed E-state index contributed by atoms with van der Waals surface area (Å²) in [5.41, 5.74) is 2.32. The van der Waals surface area contributed by atoms with Crippen molar-refractivity contribution in [2.24, 2.45) is 0 Å². The van der Waals surface area contributed by atoms with Gasteiger partial charge in [0.15, 0.2) is 0 Å². The van der Waals surface area contributed by atoms with Gasteiger partial charge in [-0.25, -0.2) is 4.79 Å². The Morgan fingerprint density at radius 2 is 1.64 bits per heavy atom. The first-order valence-electron chi connectivity index (χ1n) is 8.92. The first-order valence-corrected chi connectivity index (χ1v) is 8.92. The Balaban J connectivity index is 1.62. The summed E-state index contributed by atoms with van der Waals surface area (Å²) in [6, 6.07) is 20.3. The van der Waals surface area contributed by atoms with Gasteiger partial charge in [-0.3, -0.25) is 0 Å². The van der Waals surface area contributed by atoms with Gasteiger partial charge in [-0.1, -0.05) is 60.7 Å². The maximum absolute atomic E-state index is 12.4. The molecule has 2 N–H and O–H groups in total. The van der Waals surface area contributed by atoms with Crippen LogP contribution in [0, 0.1) is 0 Å². The molecule has 2 aromatic rings. The normalized spacial score (nSPS) is 17.5.